The van der Waals surface area contributed by atoms with Crippen LogP contribution < -0.4 is 9.62 Å². The number of benzene rings is 2. The van der Waals surface area contributed by atoms with Crippen molar-refractivity contribution >= 4 is 33.2 Å². The Morgan fingerprint density at radius 2 is 1.81 bits per heavy atom. The van der Waals surface area contributed by atoms with Gasteiger partial charge in [-0.2, -0.15) is 0 Å². The molecule has 0 saturated carbocycles. The van der Waals surface area contributed by atoms with E-state index in [1.807, 2.05) is 38.1 Å². The van der Waals surface area contributed by atoms with E-state index in [0.717, 1.165) is 21.7 Å². The molecule has 0 spiro atoms. The van der Waals surface area contributed by atoms with Gasteiger partial charge in [-0.25, -0.2) is 8.42 Å². The number of carbonyl (C=O) groups excluding carboxylic acids is 1. The van der Waals surface area contributed by atoms with Crippen molar-refractivity contribution in [1.82, 2.24) is 5.32 Å². The van der Waals surface area contributed by atoms with Gasteiger partial charge in [0, 0.05) is 5.02 Å². The van der Waals surface area contributed by atoms with Crippen LogP contribution in [-0.2, 0) is 14.8 Å². The van der Waals surface area contributed by atoms with Gasteiger partial charge in [0.1, 0.15) is 6.04 Å². The molecule has 0 radical (unpaired) electrons. The van der Waals surface area contributed by atoms with Crippen LogP contribution in [0.5, 0.6) is 0 Å². The highest BCUT2D eigenvalue weighted by Gasteiger charge is 2.30. The molecule has 27 heavy (non-hydrogen) atoms. The van der Waals surface area contributed by atoms with Gasteiger partial charge in [-0.3, -0.25) is 9.10 Å². The van der Waals surface area contributed by atoms with Crippen LogP contribution in [0, 0.1) is 6.92 Å². The minimum absolute atomic E-state index is 0.193. The Labute approximate surface area is 166 Å². The summed E-state index contributed by atoms with van der Waals surface area (Å²) in [5.74, 6) is -0.368. The average Bonchev–Trinajstić information content (AvgIpc) is 2.59. The van der Waals surface area contributed by atoms with Crippen molar-refractivity contribution in [3.63, 3.8) is 0 Å². The first-order valence-electron chi connectivity index (χ1n) is 8.75. The summed E-state index contributed by atoms with van der Waals surface area (Å²) in [5, 5.41) is 3.36. The summed E-state index contributed by atoms with van der Waals surface area (Å²) < 4.78 is 25.8. The van der Waals surface area contributed by atoms with Crippen molar-refractivity contribution < 1.29 is 13.2 Å². The Hall–Kier alpha value is -2.05. The second-order valence-corrected chi connectivity index (χ2v) is 8.89. The number of nitrogens with one attached hydrogen (secondary N) is 1. The number of sulfonamides is 1. The lowest BCUT2D eigenvalue weighted by Crippen LogP contribution is -2.48. The highest BCUT2D eigenvalue weighted by Crippen LogP contribution is 2.25. The van der Waals surface area contributed by atoms with Crippen LogP contribution in [0.25, 0.3) is 0 Å². The number of hydrogen-bond acceptors (Lipinski definition) is 3. The van der Waals surface area contributed by atoms with Gasteiger partial charge in [0.15, 0.2) is 0 Å². The molecule has 2 aromatic carbocycles. The maximum Gasteiger partial charge on any atom is 0.244 e. The maximum absolute atomic E-state index is 12.8. The second-order valence-electron chi connectivity index (χ2n) is 6.59. The topological polar surface area (TPSA) is 66.5 Å². The molecule has 1 amide bonds. The molecule has 1 N–H and O–H groups in total. The van der Waals surface area contributed by atoms with Gasteiger partial charge in [-0.05, 0) is 44.0 Å². The molecule has 5 nitrogen and oxygen atoms in total. The molecule has 0 aliphatic heterocycles. The molecule has 0 bridgehead atoms. The van der Waals surface area contributed by atoms with E-state index in [9.17, 15) is 13.2 Å². The Bertz CT molecular complexity index is 898. The first-order chi connectivity index (χ1) is 12.6. The van der Waals surface area contributed by atoms with Crippen LogP contribution in [0.2, 0.25) is 5.02 Å². The van der Waals surface area contributed by atoms with Crippen LogP contribution in [-0.4, -0.2) is 26.6 Å². The lowest BCUT2D eigenvalue weighted by Gasteiger charge is -2.30. The number of nitrogens with zero attached hydrogens (tertiary/aromatic N) is 1. The number of aryl methyl sites for hydroxylation is 1. The lowest BCUT2D eigenvalue weighted by molar-refractivity contribution is -0.122. The molecule has 2 rings (SSSR count). The van der Waals surface area contributed by atoms with E-state index in [4.69, 9.17) is 11.6 Å². The van der Waals surface area contributed by atoms with Crippen molar-refractivity contribution in [3.05, 3.63) is 64.7 Å². The summed E-state index contributed by atoms with van der Waals surface area (Å²) in [6.45, 7) is 5.54. The van der Waals surface area contributed by atoms with Gasteiger partial charge < -0.3 is 5.32 Å². The fourth-order valence-corrected chi connectivity index (χ4v) is 4.29. The van der Waals surface area contributed by atoms with E-state index < -0.39 is 16.1 Å². The third-order valence-electron chi connectivity index (χ3n) is 4.36. The summed E-state index contributed by atoms with van der Waals surface area (Å²) in [4.78, 5) is 12.8. The molecule has 0 aliphatic rings. The van der Waals surface area contributed by atoms with E-state index in [1.54, 1.807) is 25.1 Å². The predicted molar refractivity (Wildman–Crippen MR) is 111 cm³/mol. The molecule has 0 heterocycles. The first-order valence-corrected chi connectivity index (χ1v) is 11.0. The van der Waals surface area contributed by atoms with Gasteiger partial charge in [-0.1, -0.05) is 54.4 Å². The molecule has 2 atom stereocenters. The molecular formula is C20H25ClN2O3S. The molecule has 0 aromatic heterocycles. The summed E-state index contributed by atoms with van der Waals surface area (Å²) in [5.41, 5.74) is 2.48. The van der Waals surface area contributed by atoms with Gasteiger partial charge in [0.25, 0.3) is 0 Å². The first kappa shape index (κ1) is 21.3. The minimum Gasteiger partial charge on any atom is -0.347 e. The fraction of sp³-hybridized carbons (Fsp3) is 0.350. The molecule has 2 aromatic rings. The standard InChI is InChI=1S/C20H25ClN2O3S/c1-5-19(16-11-9-14(2)10-12-16)22-20(24)15(3)23(27(4,25)26)18-8-6-7-17(21)13-18/h6-13,15,19H,5H2,1-4H3,(H,22,24)/t15-,19+/m1/s1. The van der Waals surface area contributed by atoms with E-state index in [2.05, 4.69) is 5.32 Å². The number of amides is 1. The number of anilines is 1. The lowest BCUT2D eigenvalue weighted by atomic mass is 10.0. The average molecular weight is 409 g/mol. The van der Waals surface area contributed by atoms with Gasteiger partial charge in [-0.15, -0.1) is 0 Å². The summed E-state index contributed by atoms with van der Waals surface area (Å²) in [7, 11) is -3.68. The Kier molecular flexibility index (Phi) is 6.89. The Morgan fingerprint density at radius 1 is 1.19 bits per heavy atom. The van der Waals surface area contributed by atoms with E-state index in [0.29, 0.717) is 17.1 Å². The quantitative estimate of drug-likeness (QED) is 0.750. The largest absolute Gasteiger partial charge is 0.347 e. The Morgan fingerprint density at radius 3 is 2.33 bits per heavy atom. The second kappa shape index (κ2) is 8.76. The summed E-state index contributed by atoms with van der Waals surface area (Å²) >= 11 is 6.00. The summed E-state index contributed by atoms with van der Waals surface area (Å²) in [6.07, 6.45) is 1.77. The van der Waals surface area contributed by atoms with Crippen LogP contribution in [0.1, 0.15) is 37.4 Å². The van der Waals surface area contributed by atoms with Crippen LogP contribution in [0.4, 0.5) is 5.69 Å². The third kappa shape index (κ3) is 5.47. The van der Waals surface area contributed by atoms with E-state index in [1.165, 1.54) is 6.07 Å². The number of rotatable bonds is 7. The van der Waals surface area contributed by atoms with Gasteiger partial charge >= 0.3 is 0 Å². The van der Waals surface area contributed by atoms with Crippen molar-refractivity contribution in [2.24, 2.45) is 0 Å². The predicted octanol–water partition coefficient (Wildman–Crippen LogP) is 4.07. The highest BCUT2D eigenvalue weighted by molar-refractivity contribution is 7.92. The normalized spacial score (nSPS) is 13.7. The Balaban J connectivity index is 2.27. The molecular weight excluding hydrogens is 384 g/mol. The zero-order chi connectivity index (χ0) is 20.2. The molecule has 0 fully saturated rings. The monoisotopic (exact) mass is 408 g/mol. The minimum atomic E-state index is -3.68. The fourth-order valence-electron chi connectivity index (χ4n) is 2.93. The molecule has 0 unspecified atom stereocenters. The van der Waals surface area contributed by atoms with Crippen LogP contribution in [0.3, 0.4) is 0 Å². The smallest absolute Gasteiger partial charge is 0.244 e. The zero-order valence-corrected chi connectivity index (χ0v) is 17.5. The number of halogens is 1. The van der Waals surface area contributed by atoms with Crippen molar-refractivity contribution in [1.29, 1.82) is 0 Å². The van der Waals surface area contributed by atoms with Crippen LogP contribution in [0.15, 0.2) is 48.5 Å². The molecule has 146 valence electrons. The zero-order valence-electron chi connectivity index (χ0n) is 15.9. The van der Waals surface area contributed by atoms with Gasteiger partial charge in [0.2, 0.25) is 15.9 Å². The van der Waals surface area contributed by atoms with Crippen molar-refractivity contribution in [2.75, 3.05) is 10.6 Å². The van der Waals surface area contributed by atoms with E-state index in [-0.39, 0.29) is 11.9 Å². The SMILES string of the molecule is CC[C@H](NC(=O)[C@@H](C)N(c1cccc(Cl)c1)S(C)(=O)=O)c1ccc(C)cc1. The highest BCUT2D eigenvalue weighted by atomic mass is 35.5. The van der Waals surface area contributed by atoms with Crippen molar-refractivity contribution in [2.45, 2.75) is 39.3 Å². The van der Waals surface area contributed by atoms with Crippen LogP contribution >= 0.6 is 11.6 Å². The number of hydrogen-bond donors (Lipinski definition) is 1. The molecule has 0 aliphatic carbocycles. The maximum atomic E-state index is 12.8. The summed E-state index contributed by atoms with van der Waals surface area (Å²) in [6, 6.07) is 13.3. The molecule has 0 saturated heterocycles. The number of carbonyl (C=O) groups is 1. The molecule has 7 heteroatoms. The van der Waals surface area contributed by atoms with Crippen molar-refractivity contribution in [3.8, 4) is 0 Å². The van der Waals surface area contributed by atoms with E-state index >= 15 is 0 Å². The third-order valence-corrected chi connectivity index (χ3v) is 5.83. The van der Waals surface area contributed by atoms with Gasteiger partial charge in [0.05, 0.1) is 18.0 Å².